The third-order valence-electron chi connectivity index (χ3n) is 4.70. The SMILES string of the molecule is COc1ccccc1NC(=O)NCc1ccccc1S(=O)(=O)N1CCCCC1. The number of piperidine rings is 1. The van der Waals surface area contributed by atoms with E-state index in [1.54, 1.807) is 42.5 Å². The Bertz CT molecular complexity index is 925. The molecule has 2 amide bonds. The summed E-state index contributed by atoms with van der Waals surface area (Å²) in [6, 6.07) is 13.4. The summed E-state index contributed by atoms with van der Waals surface area (Å²) in [5.41, 5.74) is 1.10. The van der Waals surface area contributed by atoms with Crippen LogP contribution in [0.4, 0.5) is 10.5 Å². The maximum atomic E-state index is 13.0. The number of carbonyl (C=O) groups excluding carboxylic acids is 1. The van der Waals surface area contributed by atoms with Crippen LogP contribution in [0, 0.1) is 0 Å². The van der Waals surface area contributed by atoms with Crippen LogP contribution in [0.3, 0.4) is 0 Å². The van der Waals surface area contributed by atoms with Gasteiger partial charge in [0.05, 0.1) is 17.7 Å². The summed E-state index contributed by atoms with van der Waals surface area (Å²) in [5, 5.41) is 5.44. The van der Waals surface area contributed by atoms with E-state index in [2.05, 4.69) is 10.6 Å². The summed E-state index contributed by atoms with van der Waals surface area (Å²) in [5.74, 6) is 0.547. The Morgan fingerprint density at radius 2 is 1.71 bits per heavy atom. The van der Waals surface area contributed by atoms with Crippen LogP contribution in [-0.4, -0.2) is 39.0 Å². The van der Waals surface area contributed by atoms with Crippen molar-refractivity contribution in [3.05, 3.63) is 54.1 Å². The van der Waals surface area contributed by atoms with Crippen molar-refractivity contribution >= 4 is 21.7 Å². The Balaban J connectivity index is 1.70. The Hall–Kier alpha value is -2.58. The number of para-hydroxylation sites is 2. The summed E-state index contributed by atoms with van der Waals surface area (Å²) in [6.07, 6.45) is 2.81. The highest BCUT2D eigenvalue weighted by atomic mass is 32.2. The van der Waals surface area contributed by atoms with Crippen LogP contribution >= 0.6 is 0 Å². The van der Waals surface area contributed by atoms with Crippen molar-refractivity contribution in [2.24, 2.45) is 0 Å². The molecule has 0 aliphatic carbocycles. The zero-order valence-corrected chi connectivity index (χ0v) is 16.7. The lowest BCUT2D eigenvalue weighted by atomic mass is 10.2. The largest absolute Gasteiger partial charge is 0.495 e. The van der Waals surface area contributed by atoms with Crippen LogP contribution in [0.15, 0.2) is 53.4 Å². The van der Waals surface area contributed by atoms with Gasteiger partial charge in [-0.2, -0.15) is 4.31 Å². The van der Waals surface area contributed by atoms with E-state index in [0.717, 1.165) is 19.3 Å². The summed E-state index contributed by atoms with van der Waals surface area (Å²) >= 11 is 0. The van der Waals surface area contributed by atoms with Gasteiger partial charge in [0.2, 0.25) is 10.0 Å². The van der Waals surface area contributed by atoms with Crippen LogP contribution in [-0.2, 0) is 16.6 Å². The van der Waals surface area contributed by atoms with Crippen LogP contribution in [0.25, 0.3) is 0 Å². The van der Waals surface area contributed by atoms with Crippen molar-refractivity contribution in [3.8, 4) is 5.75 Å². The molecular weight excluding hydrogens is 378 g/mol. The third-order valence-corrected chi connectivity index (χ3v) is 6.70. The highest BCUT2D eigenvalue weighted by Crippen LogP contribution is 2.24. The predicted molar refractivity (Wildman–Crippen MR) is 108 cm³/mol. The summed E-state index contributed by atoms with van der Waals surface area (Å²) in [7, 11) is -2.04. The van der Waals surface area contributed by atoms with Crippen LogP contribution in [0.5, 0.6) is 5.75 Å². The first-order valence-electron chi connectivity index (χ1n) is 9.28. The Labute approximate surface area is 165 Å². The van der Waals surface area contributed by atoms with E-state index in [4.69, 9.17) is 4.74 Å². The molecule has 0 spiro atoms. The molecule has 0 atom stereocenters. The number of urea groups is 1. The maximum Gasteiger partial charge on any atom is 0.319 e. The Kier molecular flexibility index (Phi) is 6.53. The number of nitrogens with zero attached hydrogens (tertiary/aromatic N) is 1. The van der Waals surface area contributed by atoms with Gasteiger partial charge in [-0.05, 0) is 36.6 Å². The lowest BCUT2D eigenvalue weighted by molar-refractivity contribution is 0.251. The van der Waals surface area contributed by atoms with Gasteiger partial charge < -0.3 is 15.4 Å². The molecule has 3 rings (SSSR count). The van der Waals surface area contributed by atoms with Crippen molar-refractivity contribution in [1.82, 2.24) is 9.62 Å². The molecule has 0 saturated carbocycles. The van der Waals surface area contributed by atoms with Gasteiger partial charge in [-0.1, -0.05) is 36.8 Å². The smallest absolute Gasteiger partial charge is 0.319 e. The van der Waals surface area contributed by atoms with E-state index in [0.29, 0.717) is 30.1 Å². The van der Waals surface area contributed by atoms with Gasteiger partial charge >= 0.3 is 6.03 Å². The predicted octanol–water partition coefficient (Wildman–Crippen LogP) is 3.19. The molecule has 150 valence electrons. The van der Waals surface area contributed by atoms with E-state index in [1.165, 1.54) is 11.4 Å². The van der Waals surface area contributed by atoms with Crippen molar-refractivity contribution in [2.45, 2.75) is 30.7 Å². The lowest BCUT2D eigenvalue weighted by Crippen LogP contribution is -2.36. The number of sulfonamides is 1. The average molecular weight is 404 g/mol. The molecule has 7 nitrogen and oxygen atoms in total. The van der Waals surface area contributed by atoms with Gasteiger partial charge in [-0.3, -0.25) is 0 Å². The fourth-order valence-electron chi connectivity index (χ4n) is 3.24. The molecule has 1 aliphatic heterocycles. The van der Waals surface area contributed by atoms with E-state index >= 15 is 0 Å². The molecule has 0 bridgehead atoms. The Morgan fingerprint density at radius 3 is 2.46 bits per heavy atom. The van der Waals surface area contributed by atoms with Gasteiger partial charge in [0.25, 0.3) is 0 Å². The van der Waals surface area contributed by atoms with Gasteiger partial charge in [0.1, 0.15) is 5.75 Å². The first kappa shape index (κ1) is 20.2. The fourth-order valence-corrected chi connectivity index (χ4v) is 4.97. The van der Waals surface area contributed by atoms with Gasteiger partial charge in [-0.15, -0.1) is 0 Å². The average Bonchev–Trinajstić information content (AvgIpc) is 2.73. The van der Waals surface area contributed by atoms with E-state index in [-0.39, 0.29) is 11.4 Å². The van der Waals surface area contributed by atoms with Gasteiger partial charge in [0, 0.05) is 19.6 Å². The summed E-state index contributed by atoms with van der Waals surface area (Å²) in [4.78, 5) is 12.5. The molecular formula is C20H25N3O4S. The van der Waals surface area contributed by atoms with Crippen molar-refractivity contribution in [1.29, 1.82) is 0 Å². The molecule has 1 aliphatic rings. The number of ether oxygens (including phenoxy) is 1. The molecule has 28 heavy (non-hydrogen) atoms. The van der Waals surface area contributed by atoms with E-state index < -0.39 is 16.1 Å². The molecule has 0 unspecified atom stereocenters. The molecule has 1 saturated heterocycles. The highest BCUT2D eigenvalue weighted by Gasteiger charge is 2.27. The number of rotatable bonds is 6. The minimum atomic E-state index is -3.57. The first-order valence-corrected chi connectivity index (χ1v) is 10.7. The molecule has 2 aromatic rings. The molecule has 8 heteroatoms. The maximum absolute atomic E-state index is 13.0. The number of benzene rings is 2. The van der Waals surface area contributed by atoms with Crippen LogP contribution in [0.2, 0.25) is 0 Å². The van der Waals surface area contributed by atoms with Crippen molar-refractivity contribution < 1.29 is 17.9 Å². The molecule has 1 fully saturated rings. The van der Waals surface area contributed by atoms with Gasteiger partial charge in [-0.25, -0.2) is 13.2 Å². The minimum Gasteiger partial charge on any atom is -0.495 e. The zero-order valence-electron chi connectivity index (χ0n) is 15.8. The standard InChI is InChI=1S/C20H25N3O4S/c1-27-18-11-5-4-10-17(18)22-20(24)21-15-16-9-3-6-12-19(16)28(25,26)23-13-7-2-8-14-23/h3-6,9-12H,2,7-8,13-15H2,1H3,(H2,21,22,24). The summed E-state index contributed by atoms with van der Waals surface area (Å²) in [6.45, 7) is 1.18. The second-order valence-electron chi connectivity index (χ2n) is 6.58. The topological polar surface area (TPSA) is 87.7 Å². The van der Waals surface area contributed by atoms with Crippen molar-refractivity contribution in [2.75, 3.05) is 25.5 Å². The zero-order chi connectivity index (χ0) is 20.0. The van der Waals surface area contributed by atoms with Gasteiger partial charge in [0.15, 0.2) is 0 Å². The highest BCUT2D eigenvalue weighted by molar-refractivity contribution is 7.89. The Morgan fingerprint density at radius 1 is 1.04 bits per heavy atom. The molecule has 0 radical (unpaired) electrons. The number of hydrogen-bond donors (Lipinski definition) is 2. The molecule has 0 aromatic heterocycles. The molecule has 1 heterocycles. The minimum absolute atomic E-state index is 0.101. The second kappa shape index (κ2) is 9.07. The molecule has 2 N–H and O–H groups in total. The van der Waals surface area contributed by atoms with Crippen molar-refractivity contribution in [3.63, 3.8) is 0 Å². The number of carbonyl (C=O) groups is 1. The first-order chi connectivity index (χ1) is 13.5. The summed E-state index contributed by atoms with van der Waals surface area (Å²) < 4.78 is 32.8. The quantitative estimate of drug-likeness (QED) is 0.775. The third kappa shape index (κ3) is 4.63. The number of anilines is 1. The number of amides is 2. The van der Waals surface area contributed by atoms with E-state index in [9.17, 15) is 13.2 Å². The number of nitrogens with one attached hydrogen (secondary N) is 2. The van der Waals surface area contributed by atoms with E-state index in [1.807, 2.05) is 6.07 Å². The number of methoxy groups -OCH3 is 1. The fraction of sp³-hybridized carbons (Fsp3) is 0.350. The monoisotopic (exact) mass is 403 g/mol. The normalized spacial score (nSPS) is 15.0. The number of hydrogen-bond acceptors (Lipinski definition) is 4. The molecule has 2 aromatic carbocycles. The van der Waals surface area contributed by atoms with Crippen LogP contribution in [0.1, 0.15) is 24.8 Å². The lowest BCUT2D eigenvalue weighted by Gasteiger charge is -2.26. The van der Waals surface area contributed by atoms with Crippen LogP contribution < -0.4 is 15.4 Å². The second-order valence-corrected chi connectivity index (χ2v) is 8.49.